The number of nitrogens with one attached hydrogen (secondary N) is 1. The van der Waals surface area contributed by atoms with E-state index in [0.717, 1.165) is 22.4 Å². The topological polar surface area (TPSA) is 38.3 Å². The number of carbonyl (C=O) groups excluding carboxylic acids is 1. The van der Waals surface area contributed by atoms with Crippen LogP contribution in [0, 0.1) is 20.8 Å². The third-order valence-corrected chi connectivity index (χ3v) is 3.69. The molecule has 1 atom stereocenters. The Hall–Kier alpha value is -2.29. The molecule has 0 saturated heterocycles. The van der Waals surface area contributed by atoms with Crippen LogP contribution >= 0.6 is 0 Å². The van der Waals surface area contributed by atoms with Crippen molar-refractivity contribution in [1.82, 2.24) is 5.32 Å². The van der Waals surface area contributed by atoms with Gasteiger partial charge in [-0.2, -0.15) is 0 Å². The van der Waals surface area contributed by atoms with Crippen LogP contribution in [0.3, 0.4) is 0 Å². The minimum absolute atomic E-state index is 0.0758. The van der Waals surface area contributed by atoms with Crippen LogP contribution in [0.2, 0.25) is 0 Å². The number of aryl methyl sites for hydroxylation is 3. The fourth-order valence-corrected chi connectivity index (χ4v) is 2.61. The van der Waals surface area contributed by atoms with Gasteiger partial charge >= 0.3 is 0 Å². The number of benzene rings is 2. The fourth-order valence-electron chi connectivity index (χ4n) is 2.61. The zero-order chi connectivity index (χ0) is 16.8. The van der Waals surface area contributed by atoms with Gasteiger partial charge in [0, 0.05) is 6.54 Å². The second-order valence-corrected chi connectivity index (χ2v) is 6.05. The molecule has 0 bridgehead atoms. The molecule has 0 heterocycles. The maximum absolute atomic E-state index is 12.4. The molecule has 23 heavy (non-hydrogen) atoms. The van der Waals surface area contributed by atoms with Gasteiger partial charge in [-0.15, -0.1) is 0 Å². The lowest BCUT2D eigenvalue weighted by Gasteiger charge is -2.18. The molecule has 0 saturated carbocycles. The average molecular weight is 311 g/mol. The van der Waals surface area contributed by atoms with Crippen LogP contribution in [-0.2, 0) is 11.3 Å². The maximum Gasteiger partial charge on any atom is 0.261 e. The van der Waals surface area contributed by atoms with E-state index in [2.05, 4.69) is 17.4 Å². The van der Waals surface area contributed by atoms with Gasteiger partial charge in [-0.3, -0.25) is 4.79 Å². The van der Waals surface area contributed by atoms with Gasteiger partial charge in [-0.1, -0.05) is 42.8 Å². The summed E-state index contributed by atoms with van der Waals surface area (Å²) in [5, 5.41) is 2.96. The largest absolute Gasteiger partial charge is 0.481 e. The summed E-state index contributed by atoms with van der Waals surface area (Å²) in [5.41, 5.74) is 4.56. The van der Waals surface area contributed by atoms with Gasteiger partial charge in [0.2, 0.25) is 0 Å². The molecular weight excluding hydrogens is 286 g/mol. The van der Waals surface area contributed by atoms with E-state index in [-0.39, 0.29) is 5.91 Å². The van der Waals surface area contributed by atoms with Crippen molar-refractivity contribution >= 4 is 5.91 Å². The number of hydrogen-bond donors (Lipinski definition) is 1. The Bertz CT molecular complexity index is 659. The molecule has 0 aliphatic heterocycles. The third kappa shape index (κ3) is 5.13. The Morgan fingerprint density at radius 3 is 2.35 bits per heavy atom. The minimum Gasteiger partial charge on any atom is -0.481 e. The van der Waals surface area contributed by atoms with Gasteiger partial charge in [0.15, 0.2) is 6.10 Å². The lowest BCUT2D eigenvalue weighted by atomic mass is 10.1. The highest BCUT2D eigenvalue weighted by Gasteiger charge is 2.18. The summed E-state index contributed by atoms with van der Waals surface area (Å²) in [6.45, 7) is 8.58. The Balaban J connectivity index is 1.98. The first-order valence-corrected chi connectivity index (χ1v) is 8.06. The highest BCUT2D eigenvalue weighted by molar-refractivity contribution is 5.81. The molecule has 122 valence electrons. The van der Waals surface area contributed by atoms with Gasteiger partial charge in [-0.05, 0) is 56.0 Å². The SMILES string of the molecule is CCC(Oc1cc(C)cc(C)c1)C(=O)NCc1cccc(C)c1. The molecule has 2 aromatic rings. The van der Waals surface area contributed by atoms with Crippen molar-refractivity contribution < 1.29 is 9.53 Å². The van der Waals surface area contributed by atoms with Gasteiger partial charge in [0.05, 0.1) is 0 Å². The van der Waals surface area contributed by atoms with Crippen LogP contribution < -0.4 is 10.1 Å². The first-order valence-electron chi connectivity index (χ1n) is 8.06. The first-order chi connectivity index (χ1) is 11.0. The second kappa shape index (κ2) is 7.82. The van der Waals surface area contributed by atoms with E-state index in [1.54, 1.807) is 0 Å². The smallest absolute Gasteiger partial charge is 0.261 e. The van der Waals surface area contributed by atoms with Gasteiger partial charge < -0.3 is 10.1 Å². The summed E-state index contributed by atoms with van der Waals surface area (Å²) in [7, 11) is 0. The predicted molar refractivity (Wildman–Crippen MR) is 93.6 cm³/mol. The van der Waals surface area contributed by atoms with Crippen molar-refractivity contribution in [2.24, 2.45) is 0 Å². The van der Waals surface area contributed by atoms with E-state index in [4.69, 9.17) is 4.74 Å². The van der Waals surface area contributed by atoms with Gasteiger partial charge in [0.25, 0.3) is 5.91 Å². The fraction of sp³-hybridized carbons (Fsp3) is 0.350. The lowest BCUT2D eigenvalue weighted by Crippen LogP contribution is -2.37. The summed E-state index contributed by atoms with van der Waals surface area (Å²) in [6.07, 6.45) is 0.160. The van der Waals surface area contributed by atoms with Crippen LogP contribution in [0.5, 0.6) is 5.75 Å². The normalized spacial score (nSPS) is 11.8. The Kier molecular flexibility index (Phi) is 5.80. The Labute approximate surface area is 138 Å². The standard InChI is InChI=1S/C20H25NO2/c1-5-19(23-18-11-15(3)9-16(4)12-18)20(22)21-13-17-8-6-7-14(2)10-17/h6-12,19H,5,13H2,1-4H3,(H,21,22). The first kappa shape index (κ1) is 17.1. The highest BCUT2D eigenvalue weighted by Crippen LogP contribution is 2.18. The summed E-state index contributed by atoms with van der Waals surface area (Å²) >= 11 is 0. The van der Waals surface area contributed by atoms with E-state index in [1.807, 2.05) is 58.0 Å². The molecule has 0 aliphatic carbocycles. The maximum atomic E-state index is 12.4. The molecule has 3 nitrogen and oxygen atoms in total. The lowest BCUT2D eigenvalue weighted by molar-refractivity contribution is -0.128. The molecule has 2 aromatic carbocycles. The summed E-state index contributed by atoms with van der Waals surface area (Å²) in [4.78, 5) is 12.4. The van der Waals surface area contributed by atoms with E-state index in [0.29, 0.717) is 13.0 Å². The van der Waals surface area contributed by atoms with Gasteiger partial charge in [-0.25, -0.2) is 0 Å². The second-order valence-electron chi connectivity index (χ2n) is 6.05. The third-order valence-electron chi connectivity index (χ3n) is 3.69. The Morgan fingerprint density at radius 1 is 1.04 bits per heavy atom. The van der Waals surface area contributed by atoms with Crippen molar-refractivity contribution in [3.8, 4) is 5.75 Å². The number of amides is 1. The molecule has 1 unspecified atom stereocenters. The molecule has 2 rings (SSSR count). The van der Waals surface area contributed by atoms with Crippen LogP contribution in [-0.4, -0.2) is 12.0 Å². The van der Waals surface area contributed by atoms with Crippen LogP contribution in [0.25, 0.3) is 0 Å². The summed E-state index contributed by atoms with van der Waals surface area (Å²) in [5.74, 6) is 0.674. The van der Waals surface area contributed by atoms with E-state index < -0.39 is 6.10 Å². The molecule has 0 spiro atoms. The van der Waals surface area contributed by atoms with Crippen LogP contribution in [0.1, 0.15) is 35.6 Å². The van der Waals surface area contributed by atoms with Crippen molar-refractivity contribution in [3.63, 3.8) is 0 Å². The van der Waals surface area contributed by atoms with Crippen molar-refractivity contribution in [3.05, 3.63) is 64.7 Å². The van der Waals surface area contributed by atoms with Crippen molar-refractivity contribution in [1.29, 1.82) is 0 Å². The average Bonchev–Trinajstić information content (AvgIpc) is 2.49. The molecule has 0 fully saturated rings. The quantitative estimate of drug-likeness (QED) is 0.872. The molecule has 1 N–H and O–H groups in total. The minimum atomic E-state index is -0.471. The summed E-state index contributed by atoms with van der Waals surface area (Å²) < 4.78 is 5.89. The Morgan fingerprint density at radius 2 is 1.74 bits per heavy atom. The van der Waals surface area contributed by atoms with E-state index in [9.17, 15) is 4.79 Å². The monoisotopic (exact) mass is 311 g/mol. The van der Waals surface area contributed by atoms with E-state index >= 15 is 0 Å². The number of ether oxygens (including phenoxy) is 1. The molecule has 3 heteroatoms. The zero-order valence-corrected chi connectivity index (χ0v) is 14.3. The molecule has 0 aromatic heterocycles. The number of carbonyl (C=O) groups is 1. The van der Waals surface area contributed by atoms with E-state index in [1.165, 1.54) is 5.56 Å². The zero-order valence-electron chi connectivity index (χ0n) is 14.3. The predicted octanol–water partition coefficient (Wildman–Crippen LogP) is 4.09. The van der Waals surface area contributed by atoms with Crippen LogP contribution in [0.4, 0.5) is 0 Å². The van der Waals surface area contributed by atoms with Crippen molar-refractivity contribution in [2.45, 2.75) is 46.8 Å². The molecule has 0 aliphatic rings. The number of hydrogen-bond acceptors (Lipinski definition) is 2. The molecular formula is C20H25NO2. The molecule has 0 radical (unpaired) electrons. The highest BCUT2D eigenvalue weighted by atomic mass is 16.5. The molecule has 1 amide bonds. The number of rotatable bonds is 6. The van der Waals surface area contributed by atoms with Crippen LogP contribution in [0.15, 0.2) is 42.5 Å². The summed E-state index contributed by atoms with van der Waals surface area (Å²) in [6, 6.07) is 14.1. The van der Waals surface area contributed by atoms with Gasteiger partial charge in [0.1, 0.15) is 5.75 Å². The van der Waals surface area contributed by atoms with Crippen molar-refractivity contribution in [2.75, 3.05) is 0 Å².